The van der Waals surface area contributed by atoms with Gasteiger partial charge in [0.05, 0.1) is 37.8 Å². The van der Waals surface area contributed by atoms with Crippen molar-refractivity contribution in [1.82, 2.24) is 13.9 Å². The Bertz CT molecular complexity index is 657. The highest BCUT2D eigenvalue weighted by Crippen LogP contribution is 2.34. The fourth-order valence-electron chi connectivity index (χ4n) is 3.30. The van der Waals surface area contributed by atoms with Crippen LogP contribution in [-0.4, -0.2) is 60.3 Å². The predicted molar refractivity (Wildman–Crippen MR) is 84.4 cm³/mol. The molecule has 1 unspecified atom stereocenters. The molecule has 7 nitrogen and oxygen atoms in total. The predicted octanol–water partition coefficient (Wildman–Crippen LogP) is 0.933. The Balaban J connectivity index is 1.66. The average Bonchev–Trinajstić information content (AvgIpc) is 3.14. The first-order valence-corrected chi connectivity index (χ1v) is 9.30. The Kier molecular flexibility index (Phi) is 4.86. The lowest BCUT2D eigenvalue weighted by Crippen LogP contribution is -2.45. The lowest BCUT2D eigenvalue weighted by molar-refractivity contribution is -0.0908. The molecule has 2 aliphatic rings. The van der Waals surface area contributed by atoms with E-state index in [4.69, 9.17) is 9.47 Å². The van der Waals surface area contributed by atoms with Crippen molar-refractivity contribution >= 4 is 10.0 Å². The van der Waals surface area contributed by atoms with Gasteiger partial charge in [0.1, 0.15) is 0 Å². The molecular formula is C15H23N3O4S. The molecule has 3 atom stereocenters. The Morgan fingerprint density at radius 3 is 3.00 bits per heavy atom. The summed E-state index contributed by atoms with van der Waals surface area (Å²) in [5.74, 6) is 0. The van der Waals surface area contributed by atoms with E-state index in [1.807, 2.05) is 0 Å². The Hall–Kier alpha value is -1.22. The molecular weight excluding hydrogens is 318 g/mol. The van der Waals surface area contributed by atoms with Crippen LogP contribution in [0, 0.1) is 0 Å². The molecule has 128 valence electrons. The third kappa shape index (κ3) is 3.35. The summed E-state index contributed by atoms with van der Waals surface area (Å²) < 4.78 is 40.2. The van der Waals surface area contributed by atoms with E-state index in [9.17, 15) is 8.42 Å². The number of rotatable bonds is 6. The summed E-state index contributed by atoms with van der Waals surface area (Å²) >= 11 is 0. The molecule has 3 heterocycles. The maximum Gasteiger partial charge on any atom is 0.262 e. The summed E-state index contributed by atoms with van der Waals surface area (Å²) in [6, 6.07) is -0.0994. The van der Waals surface area contributed by atoms with E-state index < -0.39 is 10.0 Å². The maximum absolute atomic E-state index is 12.8. The summed E-state index contributed by atoms with van der Waals surface area (Å²) in [5, 5.41) is 0.108. The monoisotopic (exact) mass is 341 g/mol. The summed E-state index contributed by atoms with van der Waals surface area (Å²) in [7, 11) is -1.79. The fourth-order valence-corrected chi connectivity index (χ4v) is 4.97. The number of hydrogen-bond donors (Lipinski definition) is 0. The van der Waals surface area contributed by atoms with Gasteiger partial charge in [0.15, 0.2) is 5.03 Å². The molecule has 0 aliphatic carbocycles. The first kappa shape index (κ1) is 16.6. The first-order chi connectivity index (χ1) is 11.0. The molecule has 1 aromatic heterocycles. The molecule has 1 aromatic rings. The Morgan fingerprint density at radius 1 is 1.48 bits per heavy atom. The maximum atomic E-state index is 12.8. The molecule has 0 radical (unpaired) electrons. The zero-order valence-corrected chi connectivity index (χ0v) is 14.1. The van der Waals surface area contributed by atoms with Crippen LogP contribution >= 0.6 is 0 Å². The highest BCUT2D eigenvalue weighted by molar-refractivity contribution is 7.89. The molecule has 8 heteroatoms. The van der Waals surface area contributed by atoms with Gasteiger partial charge in [-0.05, 0) is 19.3 Å². The minimum absolute atomic E-state index is 0.0358. The van der Waals surface area contributed by atoms with Crippen molar-refractivity contribution in [1.29, 1.82) is 0 Å². The van der Waals surface area contributed by atoms with Gasteiger partial charge in [-0.1, -0.05) is 6.08 Å². The van der Waals surface area contributed by atoms with Gasteiger partial charge < -0.3 is 14.0 Å². The first-order valence-electron chi connectivity index (χ1n) is 7.86. The largest absolute Gasteiger partial charge is 0.375 e. The summed E-state index contributed by atoms with van der Waals surface area (Å²) in [6.07, 6.45) is 7.04. The van der Waals surface area contributed by atoms with Crippen LogP contribution in [0.25, 0.3) is 0 Å². The molecule has 0 spiro atoms. The molecule has 0 saturated carbocycles. The van der Waals surface area contributed by atoms with Crippen LogP contribution in [0.4, 0.5) is 0 Å². The SMILES string of the molecule is C=CCOCC1CC[C@H]2[C@H](CCN2S(=O)(=O)c2cn(C)cn2)O1. The zero-order valence-electron chi connectivity index (χ0n) is 13.3. The van der Waals surface area contributed by atoms with Gasteiger partial charge >= 0.3 is 0 Å². The van der Waals surface area contributed by atoms with E-state index in [0.717, 1.165) is 12.8 Å². The molecule has 2 fully saturated rings. The van der Waals surface area contributed by atoms with Gasteiger partial charge in [-0.25, -0.2) is 13.4 Å². The number of aryl methyl sites for hydroxylation is 1. The number of fused-ring (bicyclic) bond motifs is 1. The van der Waals surface area contributed by atoms with Gasteiger partial charge in [0, 0.05) is 19.8 Å². The number of hydrogen-bond acceptors (Lipinski definition) is 5. The van der Waals surface area contributed by atoms with Crippen molar-refractivity contribution in [3.05, 3.63) is 25.2 Å². The van der Waals surface area contributed by atoms with E-state index in [2.05, 4.69) is 11.6 Å². The Labute approximate surface area is 136 Å². The summed E-state index contributed by atoms with van der Waals surface area (Å²) in [6.45, 7) is 5.14. The summed E-state index contributed by atoms with van der Waals surface area (Å²) in [5.41, 5.74) is 0. The van der Waals surface area contributed by atoms with Crippen LogP contribution in [0.15, 0.2) is 30.2 Å². The van der Waals surface area contributed by atoms with E-state index >= 15 is 0 Å². The minimum atomic E-state index is -3.55. The van der Waals surface area contributed by atoms with E-state index in [1.165, 1.54) is 12.5 Å². The molecule has 2 saturated heterocycles. The van der Waals surface area contributed by atoms with Crippen molar-refractivity contribution in [2.75, 3.05) is 19.8 Å². The quantitative estimate of drug-likeness (QED) is 0.568. The molecule has 3 rings (SSSR count). The second-order valence-electron chi connectivity index (χ2n) is 6.05. The Morgan fingerprint density at radius 2 is 2.30 bits per heavy atom. The molecule has 0 amide bonds. The minimum Gasteiger partial charge on any atom is -0.375 e. The topological polar surface area (TPSA) is 73.7 Å². The van der Waals surface area contributed by atoms with E-state index in [-0.39, 0.29) is 23.3 Å². The van der Waals surface area contributed by atoms with Crippen molar-refractivity contribution in [2.45, 2.75) is 42.5 Å². The van der Waals surface area contributed by atoms with Gasteiger partial charge in [0.2, 0.25) is 0 Å². The number of nitrogens with zero attached hydrogens (tertiary/aromatic N) is 3. The molecule has 0 bridgehead atoms. The lowest BCUT2D eigenvalue weighted by atomic mass is 10.0. The molecule has 0 N–H and O–H groups in total. The van der Waals surface area contributed by atoms with Crippen LogP contribution in [0.2, 0.25) is 0 Å². The summed E-state index contributed by atoms with van der Waals surface area (Å²) in [4.78, 5) is 4.00. The second-order valence-corrected chi connectivity index (χ2v) is 7.89. The molecule has 0 aromatic carbocycles. The second kappa shape index (κ2) is 6.72. The van der Waals surface area contributed by atoms with Crippen LogP contribution in [0.3, 0.4) is 0 Å². The van der Waals surface area contributed by atoms with Gasteiger partial charge in [-0.2, -0.15) is 4.31 Å². The van der Waals surface area contributed by atoms with Crippen LogP contribution in [0.5, 0.6) is 0 Å². The van der Waals surface area contributed by atoms with Crippen molar-refractivity contribution < 1.29 is 17.9 Å². The van der Waals surface area contributed by atoms with E-state index in [0.29, 0.717) is 26.2 Å². The third-order valence-corrected chi connectivity index (χ3v) is 6.19. The van der Waals surface area contributed by atoms with Crippen molar-refractivity contribution in [3.8, 4) is 0 Å². The van der Waals surface area contributed by atoms with Crippen LogP contribution in [0.1, 0.15) is 19.3 Å². The van der Waals surface area contributed by atoms with Crippen LogP contribution in [-0.2, 0) is 26.5 Å². The van der Waals surface area contributed by atoms with Crippen LogP contribution < -0.4 is 0 Å². The number of sulfonamides is 1. The van der Waals surface area contributed by atoms with Gasteiger partial charge in [-0.3, -0.25) is 0 Å². The standard InChI is InChI=1S/C15H23N3O4S/c1-3-8-21-10-12-4-5-13-14(22-12)6-7-18(13)23(19,20)15-9-17(2)11-16-15/h3,9,11-14H,1,4-8,10H2,2H3/t12?,13-,14-/m0/s1. The zero-order chi connectivity index (χ0) is 16.4. The smallest absolute Gasteiger partial charge is 0.262 e. The normalized spacial score (nSPS) is 28.7. The van der Waals surface area contributed by atoms with Gasteiger partial charge in [0.25, 0.3) is 10.0 Å². The van der Waals surface area contributed by atoms with E-state index in [1.54, 1.807) is 22.0 Å². The van der Waals surface area contributed by atoms with Gasteiger partial charge in [-0.15, -0.1) is 6.58 Å². The third-order valence-electron chi connectivity index (χ3n) is 4.38. The highest BCUT2D eigenvalue weighted by atomic mass is 32.2. The van der Waals surface area contributed by atoms with Crippen molar-refractivity contribution in [2.24, 2.45) is 7.05 Å². The highest BCUT2D eigenvalue weighted by Gasteiger charge is 2.45. The number of aromatic nitrogens is 2. The molecule has 23 heavy (non-hydrogen) atoms. The number of imidazole rings is 1. The lowest BCUT2D eigenvalue weighted by Gasteiger charge is -2.35. The fraction of sp³-hybridized carbons (Fsp3) is 0.667. The van der Waals surface area contributed by atoms with Crippen molar-refractivity contribution in [3.63, 3.8) is 0 Å². The molecule has 2 aliphatic heterocycles. The average molecular weight is 341 g/mol. The number of ether oxygens (including phenoxy) is 2.